The van der Waals surface area contributed by atoms with Gasteiger partial charge in [-0.3, -0.25) is 4.79 Å². The first-order valence-electron chi connectivity index (χ1n) is 6.23. The Kier molecular flexibility index (Phi) is 4.61. The summed E-state index contributed by atoms with van der Waals surface area (Å²) in [7, 11) is 1.69. The van der Waals surface area contributed by atoms with Gasteiger partial charge in [0.1, 0.15) is 5.38 Å². The van der Waals surface area contributed by atoms with E-state index < -0.39 is 5.38 Å². The monoisotopic (exact) mass is 267 g/mol. The summed E-state index contributed by atoms with van der Waals surface area (Å²) < 4.78 is 5.32. The van der Waals surface area contributed by atoms with Crippen molar-refractivity contribution in [2.75, 3.05) is 20.2 Å². The Hall–Kier alpha value is -1.06. The molecule has 1 aromatic rings. The summed E-state index contributed by atoms with van der Waals surface area (Å²) in [4.78, 5) is 14.1. The van der Waals surface area contributed by atoms with Crippen LogP contribution >= 0.6 is 11.6 Å². The van der Waals surface area contributed by atoms with Crippen LogP contribution in [0.5, 0.6) is 0 Å². The first-order chi connectivity index (χ1) is 8.72. The lowest BCUT2D eigenvalue weighted by Gasteiger charge is -2.33. The van der Waals surface area contributed by atoms with E-state index in [4.69, 9.17) is 16.3 Å². The van der Waals surface area contributed by atoms with E-state index in [9.17, 15) is 4.79 Å². The Balaban J connectivity index is 2.02. The molecule has 0 aliphatic carbocycles. The molecule has 1 amide bonds. The standard InChI is InChI=1S/C14H18ClNO2/c1-18-12-8-5-9-16(10-12)14(17)13(15)11-6-3-2-4-7-11/h2-4,6-7,12-13H,5,8-10H2,1H3. The second-order valence-corrected chi connectivity index (χ2v) is 4.99. The van der Waals surface area contributed by atoms with Crippen molar-refractivity contribution in [1.29, 1.82) is 0 Å². The number of amides is 1. The van der Waals surface area contributed by atoms with Gasteiger partial charge in [0.15, 0.2) is 0 Å². The molecule has 98 valence electrons. The largest absolute Gasteiger partial charge is 0.380 e. The second-order valence-electron chi connectivity index (χ2n) is 4.56. The van der Waals surface area contributed by atoms with Crippen molar-refractivity contribution in [3.8, 4) is 0 Å². The molecule has 0 saturated carbocycles. The Morgan fingerprint density at radius 2 is 2.17 bits per heavy atom. The summed E-state index contributed by atoms with van der Waals surface area (Å²) in [5.41, 5.74) is 0.851. The van der Waals surface area contributed by atoms with Crippen molar-refractivity contribution in [2.45, 2.75) is 24.3 Å². The third-order valence-electron chi connectivity index (χ3n) is 3.33. The van der Waals surface area contributed by atoms with Crippen molar-refractivity contribution in [3.05, 3.63) is 35.9 Å². The van der Waals surface area contributed by atoms with Crippen molar-refractivity contribution in [3.63, 3.8) is 0 Å². The van der Waals surface area contributed by atoms with Crippen LogP contribution in [-0.2, 0) is 9.53 Å². The highest BCUT2D eigenvalue weighted by Gasteiger charge is 2.28. The average Bonchev–Trinajstić information content (AvgIpc) is 2.46. The second kappa shape index (κ2) is 6.21. The number of benzene rings is 1. The number of alkyl halides is 1. The van der Waals surface area contributed by atoms with E-state index in [1.54, 1.807) is 7.11 Å². The fourth-order valence-corrected chi connectivity index (χ4v) is 2.54. The number of rotatable bonds is 3. The molecular formula is C14H18ClNO2. The van der Waals surface area contributed by atoms with Gasteiger partial charge in [-0.2, -0.15) is 0 Å². The molecule has 1 aliphatic rings. The average molecular weight is 268 g/mol. The minimum absolute atomic E-state index is 0.0235. The van der Waals surface area contributed by atoms with Gasteiger partial charge in [0.2, 0.25) is 5.91 Å². The van der Waals surface area contributed by atoms with Crippen LogP contribution in [0, 0.1) is 0 Å². The maximum absolute atomic E-state index is 12.3. The summed E-state index contributed by atoms with van der Waals surface area (Å²) in [5.74, 6) is -0.0235. The predicted octanol–water partition coefficient (Wildman–Crippen LogP) is 2.60. The molecule has 2 rings (SSSR count). The van der Waals surface area contributed by atoms with E-state index in [2.05, 4.69) is 0 Å². The quantitative estimate of drug-likeness (QED) is 0.788. The van der Waals surface area contributed by atoms with Gasteiger partial charge in [0.25, 0.3) is 0 Å². The van der Waals surface area contributed by atoms with Gasteiger partial charge in [-0.25, -0.2) is 0 Å². The lowest BCUT2D eigenvalue weighted by molar-refractivity contribution is -0.134. The van der Waals surface area contributed by atoms with Gasteiger partial charge in [0, 0.05) is 20.2 Å². The number of nitrogens with zero attached hydrogens (tertiary/aromatic N) is 1. The van der Waals surface area contributed by atoms with E-state index in [1.807, 2.05) is 35.2 Å². The molecule has 0 radical (unpaired) electrons. The third-order valence-corrected chi connectivity index (χ3v) is 3.77. The van der Waals surface area contributed by atoms with Crippen LogP contribution in [0.15, 0.2) is 30.3 Å². The Morgan fingerprint density at radius 3 is 2.83 bits per heavy atom. The number of hydrogen-bond acceptors (Lipinski definition) is 2. The Bertz CT molecular complexity index is 396. The first-order valence-corrected chi connectivity index (χ1v) is 6.66. The van der Waals surface area contributed by atoms with E-state index >= 15 is 0 Å². The molecule has 1 aliphatic heterocycles. The number of carbonyl (C=O) groups excluding carboxylic acids is 1. The molecule has 4 heteroatoms. The normalized spacial score (nSPS) is 21.7. The summed E-state index contributed by atoms with van der Waals surface area (Å²) in [6, 6.07) is 9.47. The molecule has 1 fully saturated rings. The molecule has 2 unspecified atom stereocenters. The lowest BCUT2D eigenvalue weighted by atomic mass is 10.1. The van der Waals surface area contributed by atoms with Crippen molar-refractivity contribution in [2.24, 2.45) is 0 Å². The first kappa shape index (κ1) is 13.4. The van der Waals surface area contributed by atoms with Crippen LogP contribution in [0.25, 0.3) is 0 Å². The van der Waals surface area contributed by atoms with Crippen LogP contribution in [0.2, 0.25) is 0 Å². The van der Waals surface area contributed by atoms with Crippen LogP contribution in [-0.4, -0.2) is 37.1 Å². The van der Waals surface area contributed by atoms with E-state index in [0.717, 1.165) is 24.9 Å². The molecular weight excluding hydrogens is 250 g/mol. The Morgan fingerprint density at radius 1 is 1.44 bits per heavy atom. The molecule has 0 spiro atoms. The van der Waals surface area contributed by atoms with Gasteiger partial charge in [-0.05, 0) is 18.4 Å². The van der Waals surface area contributed by atoms with Gasteiger partial charge in [-0.1, -0.05) is 30.3 Å². The number of likely N-dealkylation sites (tertiary alicyclic amines) is 1. The van der Waals surface area contributed by atoms with Crippen LogP contribution in [0.4, 0.5) is 0 Å². The van der Waals surface area contributed by atoms with E-state index in [-0.39, 0.29) is 12.0 Å². The zero-order chi connectivity index (χ0) is 13.0. The SMILES string of the molecule is COC1CCCN(C(=O)C(Cl)c2ccccc2)C1. The minimum Gasteiger partial charge on any atom is -0.380 e. The van der Waals surface area contributed by atoms with Crippen molar-refractivity contribution in [1.82, 2.24) is 4.90 Å². The topological polar surface area (TPSA) is 29.5 Å². The van der Waals surface area contributed by atoms with Crippen LogP contribution < -0.4 is 0 Å². The maximum Gasteiger partial charge on any atom is 0.245 e. The summed E-state index contributed by atoms with van der Waals surface area (Å²) in [5, 5.41) is -0.596. The van der Waals surface area contributed by atoms with E-state index in [0.29, 0.717) is 6.54 Å². The van der Waals surface area contributed by atoms with Gasteiger partial charge < -0.3 is 9.64 Å². The van der Waals surface area contributed by atoms with Crippen LogP contribution in [0.3, 0.4) is 0 Å². The molecule has 1 aromatic carbocycles. The number of halogens is 1. The number of carbonyl (C=O) groups is 1. The zero-order valence-corrected chi connectivity index (χ0v) is 11.3. The van der Waals surface area contributed by atoms with Gasteiger partial charge >= 0.3 is 0 Å². The summed E-state index contributed by atoms with van der Waals surface area (Å²) >= 11 is 6.25. The number of hydrogen-bond donors (Lipinski definition) is 0. The molecule has 3 nitrogen and oxygen atoms in total. The highest BCUT2D eigenvalue weighted by atomic mass is 35.5. The fraction of sp³-hybridized carbons (Fsp3) is 0.500. The molecule has 2 atom stereocenters. The predicted molar refractivity (Wildman–Crippen MR) is 71.6 cm³/mol. The third kappa shape index (κ3) is 3.03. The summed E-state index contributed by atoms with van der Waals surface area (Å²) in [6.07, 6.45) is 2.13. The van der Waals surface area contributed by atoms with Gasteiger partial charge in [-0.15, -0.1) is 11.6 Å². The number of piperidine rings is 1. The smallest absolute Gasteiger partial charge is 0.245 e. The van der Waals surface area contributed by atoms with Crippen molar-refractivity contribution >= 4 is 17.5 Å². The van der Waals surface area contributed by atoms with Crippen molar-refractivity contribution < 1.29 is 9.53 Å². The molecule has 18 heavy (non-hydrogen) atoms. The molecule has 0 bridgehead atoms. The van der Waals surface area contributed by atoms with Crippen LogP contribution in [0.1, 0.15) is 23.8 Å². The molecule has 1 saturated heterocycles. The number of ether oxygens (including phenoxy) is 1. The molecule has 0 N–H and O–H groups in total. The molecule has 1 heterocycles. The lowest BCUT2D eigenvalue weighted by Crippen LogP contribution is -2.44. The highest BCUT2D eigenvalue weighted by Crippen LogP contribution is 2.24. The fourth-order valence-electron chi connectivity index (χ4n) is 2.26. The Labute approximate surface area is 113 Å². The van der Waals surface area contributed by atoms with E-state index in [1.165, 1.54) is 0 Å². The van der Waals surface area contributed by atoms with Gasteiger partial charge in [0.05, 0.1) is 6.10 Å². The minimum atomic E-state index is -0.596. The number of methoxy groups -OCH3 is 1. The molecule has 0 aromatic heterocycles. The maximum atomic E-state index is 12.3. The zero-order valence-electron chi connectivity index (χ0n) is 10.5. The summed E-state index contributed by atoms with van der Waals surface area (Å²) in [6.45, 7) is 1.42. The highest BCUT2D eigenvalue weighted by molar-refractivity contribution is 6.30.